The maximum absolute atomic E-state index is 12.7. The highest BCUT2D eigenvalue weighted by atomic mass is 19.4. The van der Waals surface area contributed by atoms with Crippen molar-refractivity contribution in [3.05, 3.63) is 35.1 Å². The van der Waals surface area contributed by atoms with Crippen LogP contribution in [0.4, 0.5) is 17.6 Å². The summed E-state index contributed by atoms with van der Waals surface area (Å²) in [6, 6.07) is 2.52. The van der Waals surface area contributed by atoms with E-state index in [2.05, 4.69) is 0 Å². The molecule has 1 aliphatic rings. The summed E-state index contributed by atoms with van der Waals surface area (Å²) in [6.45, 7) is 0. The fourth-order valence-corrected chi connectivity index (χ4v) is 1.67. The standard InChI is InChI=1S/C10H9F4N/c11-5-1-2-6(7-4-9(7)15)8(3-5)10(12,13)14/h1-3,7,9H,4,15H2/t7-,9+/m0/s1. The number of rotatable bonds is 1. The second-order valence-electron chi connectivity index (χ2n) is 3.74. The van der Waals surface area contributed by atoms with Crippen molar-refractivity contribution in [3.8, 4) is 0 Å². The summed E-state index contributed by atoms with van der Waals surface area (Å²) in [5, 5.41) is 0. The van der Waals surface area contributed by atoms with Gasteiger partial charge in [-0.15, -0.1) is 0 Å². The molecule has 1 aromatic carbocycles. The highest BCUT2D eigenvalue weighted by Gasteiger charge is 2.42. The smallest absolute Gasteiger partial charge is 0.327 e. The van der Waals surface area contributed by atoms with Gasteiger partial charge < -0.3 is 5.73 Å². The first-order chi connectivity index (χ1) is 6.89. The number of alkyl halides is 3. The molecule has 2 rings (SSSR count). The van der Waals surface area contributed by atoms with Crippen LogP contribution in [-0.4, -0.2) is 6.04 Å². The van der Waals surface area contributed by atoms with E-state index in [-0.39, 0.29) is 17.5 Å². The van der Waals surface area contributed by atoms with Crippen LogP contribution in [0.3, 0.4) is 0 Å². The number of halogens is 4. The lowest BCUT2D eigenvalue weighted by molar-refractivity contribution is -0.138. The second kappa shape index (κ2) is 3.20. The molecule has 1 aliphatic carbocycles. The molecular weight excluding hydrogens is 210 g/mol. The van der Waals surface area contributed by atoms with Crippen LogP contribution in [0.2, 0.25) is 0 Å². The summed E-state index contributed by atoms with van der Waals surface area (Å²) in [6.07, 6.45) is -3.98. The Morgan fingerprint density at radius 1 is 1.27 bits per heavy atom. The predicted octanol–water partition coefficient (Wildman–Crippen LogP) is 2.66. The molecule has 0 bridgehead atoms. The summed E-state index contributed by atoms with van der Waals surface area (Å²) >= 11 is 0. The van der Waals surface area contributed by atoms with E-state index in [1.165, 1.54) is 6.07 Å². The van der Waals surface area contributed by atoms with Crippen molar-refractivity contribution < 1.29 is 17.6 Å². The van der Waals surface area contributed by atoms with E-state index in [4.69, 9.17) is 5.73 Å². The van der Waals surface area contributed by atoms with Crippen LogP contribution >= 0.6 is 0 Å². The monoisotopic (exact) mass is 219 g/mol. The quantitative estimate of drug-likeness (QED) is 0.722. The van der Waals surface area contributed by atoms with Gasteiger partial charge in [0.05, 0.1) is 5.56 Å². The van der Waals surface area contributed by atoms with E-state index in [0.717, 1.165) is 6.07 Å². The van der Waals surface area contributed by atoms with Gasteiger partial charge in [-0.3, -0.25) is 0 Å². The summed E-state index contributed by atoms with van der Waals surface area (Å²) in [7, 11) is 0. The largest absolute Gasteiger partial charge is 0.416 e. The van der Waals surface area contributed by atoms with E-state index in [9.17, 15) is 17.6 Å². The second-order valence-corrected chi connectivity index (χ2v) is 3.74. The Morgan fingerprint density at radius 3 is 2.33 bits per heavy atom. The third-order valence-corrected chi connectivity index (χ3v) is 2.56. The van der Waals surface area contributed by atoms with Crippen LogP contribution in [0.5, 0.6) is 0 Å². The molecule has 5 heteroatoms. The number of hydrogen-bond acceptors (Lipinski definition) is 1. The van der Waals surface area contributed by atoms with Gasteiger partial charge in [0.15, 0.2) is 0 Å². The average molecular weight is 219 g/mol. The van der Waals surface area contributed by atoms with Gasteiger partial charge in [0.1, 0.15) is 5.82 Å². The lowest BCUT2D eigenvalue weighted by Gasteiger charge is -2.12. The molecule has 1 fully saturated rings. The molecule has 2 atom stereocenters. The maximum Gasteiger partial charge on any atom is 0.416 e. The zero-order valence-corrected chi connectivity index (χ0v) is 7.68. The third kappa shape index (κ3) is 1.97. The SMILES string of the molecule is N[C@@H]1C[C@H]1c1ccc(F)cc1C(F)(F)F. The fraction of sp³-hybridized carbons (Fsp3) is 0.400. The summed E-state index contributed by atoms with van der Waals surface area (Å²) in [5.74, 6) is -1.15. The Hall–Kier alpha value is -1.10. The molecular formula is C10H9F4N. The highest BCUT2D eigenvalue weighted by molar-refractivity contribution is 5.37. The summed E-state index contributed by atoms with van der Waals surface area (Å²) in [4.78, 5) is 0. The predicted molar refractivity (Wildman–Crippen MR) is 46.7 cm³/mol. The van der Waals surface area contributed by atoms with Crippen LogP contribution < -0.4 is 5.73 Å². The van der Waals surface area contributed by atoms with Crippen molar-refractivity contribution >= 4 is 0 Å². The van der Waals surface area contributed by atoms with E-state index in [1.807, 2.05) is 0 Å². The molecule has 0 aromatic heterocycles. The van der Waals surface area contributed by atoms with E-state index in [0.29, 0.717) is 12.5 Å². The van der Waals surface area contributed by atoms with E-state index >= 15 is 0 Å². The Labute approximate surface area is 83.9 Å². The Morgan fingerprint density at radius 2 is 1.87 bits per heavy atom. The van der Waals surface area contributed by atoms with Gasteiger partial charge in [-0.05, 0) is 24.1 Å². The molecule has 0 heterocycles. The highest BCUT2D eigenvalue weighted by Crippen LogP contribution is 2.45. The molecule has 0 saturated heterocycles. The number of benzene rings is 1. The van der Waals surface area contributed by atoms with Crippen LogP contribution in [0.1, 0.15) is 23.5 Å². The average Bonchev–Trinajstić information content (AvgIpc) is 2.81. The lowest BCUT2D eigenvalue weighted by atomic mass is 10.0. The zero-order chi connectivity index (χ0) is 11.2. The maximum atomic E-state index is 12.7. The van der Waals surface area contributed by atoms with Crippen molar-refractivity contribution in [2.45, 2.75) is 24.6 Å². The van der Waals surface area contributed by atoms with Gasteiger partial charge in [0.2, 0.25) is 0 Å². The summed E-state index contributed by atoms with van der Waals surface area (Å²) < 4.78 is 50.3. The van der Waals surface area contributed by atoms with Crippen molar-refractivity contribution in [2.24, 2.45) is 5.73 Å². The number of hydrogen-bond donors (Lipinski definition) is 1. The van der Waals surface area contributed by atoms with Crippen molar-refractivity contribution in [1.82, 2.24) is 0 Å². The van der Waals surface area contributed by atoms with Crippen LogP contribution in [0, 0.1) is 5.82 Å². The Balaban J connectivity index is 2.45. The van der Waals surface area contributed by atoms with E-state index in [1.54, 1.807) is 0 Å². The molecule has 15 heavy (non-hydrogen) atoms. The third-order valence-electron chi connectivity index (χ3n) is 2.56. The van der Waals surface area contributed by atoms with Crippen molar-refractivity contribution in [3.63, 3.8) is 0 Å². The van der Waals surface area contributed by atoms with Gasteiger partial charge in [-0.1, -0.05) is 6.07 Å². The van der Waals surface area contributed by atoms with Gasteiger partial charge in [0, 0.05) is 12.0 Å². The van der Waals surface area contributed by atoms with Crippen molar-refractivity contribution in [1.29, 1.82) is 0 Å². The van der Waals surface area contributed by atoms with Gasteiger partial charge >= 0.3 is 6.18 Å². The molecule has 0 radical (unpaired) electrons. The van der Waals surface area contributed by atoms with Gasteiger partial charge in [-0.25, -0.2) is 4.39 Å². The molecule has 0 aliphatic heterocycles. The molecule has 82 valence electrons. The van der Waals surface area contributed by atoms with Crippen molar-refractivity contribution in [2.75, 3.05) is 0 Å². The fourth-order valence-electron chi connectivity index (χ4n) is 1.67. The normalized spacial score (nSPS) is 25.4. The Kier molecular flexibility index (Phi) is 2.22. The minimum Gasteiger partial charge on any atom is -0.327 e. The molecule has 1 saturated carbocycles. The first kappa shape index (κ1) is 10.4. The van der Waals surface area contributed by atoms with Crippen LogP contribution in [0.25, 0.3) is 0 Å². The minimum atomic E-state index is -4.51. The minimum absolute atomic E-state index is 0.108. The number of nitrogens with two attached hydrogens (primary N) is 1. The first-order valence-corrected chi connectivity index (χ1v) is 4.52. The molecule has 0 spiro atoms. The van der Waals surface area contributed by atoms with E-state index < -0.39 is 17.6 Å². The Bertz CT molecular complexity index is 385. The van der Waals surface area contributed by atoms with Gasteiger partial charge in [0.25, 0.3) is 0 Å². The summed E-state index contributed by atoms with van der Waals surface area (Å²) in [5.41, 5.74) is 4.69. The molecule has 1 aromatic rings. The van der Waals surface area contributed by atoms with Crippen LogP contribution in [-0.2, 0) is 6.18 Å². The lowest BCUT2D eigenvalue weighted by Crippen LogP contribution is -2.11. The van der Waals surface area contributed by atoms with Crippen LogP contribution in [0.15, 0.2) is 18.2 Å². The molecule has 2 N–H and O–H groups in total. The molecule has 0 unspecified atom stereocenters. The zero-order valence-electron chi connectivity index (χ0n) is 7.68. The van der Waals surface area contributed by atoms with Gasteiger partial charge in [-0.2, -0.15) is 13.2 Å². The first-order valence-electron chi connectivity index (χ1n) is 4.52. The topological polar surface area (TPSA) is 26.0 Å². The molecule has 0 amide bonds. The molecule has 1 nitrogen and oxygen atoms in total.